The van der Waals surface area contributed by atoms with Gasteiger partial charge in [0.2, 0.25) is 17.5 Å². The minimum Gasteiger partial charge on any atom is -0.481 e. The molecule has 12 heteroatoms. The van der Waals surface area contributed by atoms with E-state index in [1.165, 1.54) is 4.90 Å². The van der Waals surface area contributed by atoms with Gasteiger partial charge in [0.1, 0.15) is 12.6 Å². The first kappa shape index (κ1) is 34.9. The first-order valence-electron chi connectivity index (χ1n) is 14.9. The van der Waals surface area contributed by atoms with Crippen LogP contribution in [0.15, 0.2) is 54.6 Å². The van der Waals surface area contributed by atoms with E-state index in [1.807, 2.05) is 32.9 Å². The molecule has 1 aliphatic rings. The molecule has 2 N–H and O–H groups in total. The molecule has 4 rings (SSSR count). The van der Waals surface area contributed by atoms with E-state index in [2.05, 4.69) is 5.32 Å². The highest BCUT2D eigenvalue weighted by Gasteiger charge is 2.37. The number of carboxylic acid groups (broad SMARTS) is 1. The Kier molecular flexibility index (Phi) is 10.5. The summed E-state index contributed by atoms with van der Waals surface area (Å²) in [5.74, 6) is -11.3. The molecule has 3 aromatic rings. The number of hydrogen-bond acceptors (Lipinski definition) is 6. The van der Waals surface area contributed by atoms with Gasteiger partial charge < -0.3 is 20.1 Å². The second-order valence-corrected chi connectivity index (χ2v) is 12.5. The number of nitrogens with one attached hydrogen (secondary N) is 1. The maximum Gasteiger partial charge on any atom is 0.305 e. The van der Waals surface area contributed by atoms with Crippen LogP contribution in [0.3, 0.4) is 0 Å². The summed E-state index contributed by atoms with van der Waals surface area (Å²) in [6.07, 6.45) is -0.946. The van der Waals surface area contributed by atoms with Gasteiger partial charge in [-0.2, -0.15) is 4.39 Å². The molecular formula is C35H35F3N2O7. The molecule has 3 aromatic carbocycles. The molecule has 9 nitrogen and oxygen atoms in total. The van der Waals surface area contributed by atoms with Crippen LogP contribution in [0.1, 0.15) is 49.4 Å². The summed E-state index contributed by atoms with van der Waals surface area (Å²) in [4.78, 5) is 66.1. The number of anilines is 1. The fourth-order valence-electron chi connectivity index (χ4n) is 5.55. The average molecular weight is 653 g/mol. The highest BCUT2D eigenvalue weighted by molar-refractivity contribution is 6.42. The molecule has 0 fully saturated rings. The van der Waals surface area contributed by atoms with E-state index in [-0.39, 0.29) is 30.4 Å². The van der Waals surface area contributed by atoms with Gasteiger partial charge in [0, 0.05) is 18.7 Å². The van der Waals surface area contributed by atoms with Gasteiger partial charge in [-0.25, -0.2) is 8.78 Å². The molecule has 0 aliphatic carbocycles. The Morgan fingerprint density at radius 1 is 1.00 bits per heavy atom. The molecule has 0 aromatic heterocycles. The van der Waals surface area contributed by atoms with Crippen LogP contribution in [-0.4, -0.2) is 53.7 Å². The van der Waals surface area contributed by atoms with E-state index in [0.29, 0.717) is 22.9 Å². The number of ether oxygens (including phenoxy) is 1. The molecule has 248 valence electrons. The van der Waals surface area contributed by atoms with Crippen molar-refractivity contribution in [3.05, 3.63) is 94.3 Å². The fraction of sp³-hybridized carbons (Fsp3) is 0.343. The van der Waals surface area contributed by atoms with Gasteiger partial charge in [0.05, 0.1) is 12.3 Å². The van der Waals surface area contributed by atoms with E-state index < -0.39 is 77.5 Å². The normalized spacial score (nSPS) is 15.0. The molecule has 0 saturated carbocycles. The molecule has 0 bridgehead atoms. The Morgan fingerprint density at radius 3 is 2.34 bits per heavy atom. The number of carbonyl (C=O) groups excluding carboxylic acids is 4. The number of ketones is 2. The smallest absolute Gasteiger partial charge is 0.305 e. The van der Waals surface area contributed by atoms with Crippen LogP contribution < -0.4 is 15.0 Å². The predicted octanol–water partition coefficient (Wildman–Crippen LogP) is 4.63. The van der Waals surface area contributed by atoms with Crippen molar-refractivity contribution in [2.75, 3.05) is 18.1 Å². The summed E-state index contributed by atoms with van der Waals surface area (Å²) >= 11 is 0. The van der Waals surface area contributed by atoms with Gasteiger partial charge in [0.15, 0.2) is 23.2 Å². The number of aryl methyl sites for hydroxylation is 1. The number of carboxylic acids is 1. The number of aliphatic carboxylic acids is 1. The highest BCUT2D eigenvalue weighted by Crippen LogP contribution is 2.32. The molecule has 1 aliphatic heterocycles. The van der Waals surface area contributed by atoms with E-state index >= 15 is 0 Å². The van der Waals surface area contributed by atoms with Crippen molar-refractivity contribution >= 4 is 35.0 Å². The maximum absolute atomic E-state index is 14.4. The molecular weight excluding hydrogens is 617 g/mol. The van der Waals surface area contributed by atoms with Crippen molar-refractivity contribution in [2.24, 2.45) is 5.92 Å². The number of hydrogen-bond donors (Lipinski definition) is 2. The lowest BCUT2D eigenvalue weighted by atomic mass is 9.82. The molecule has 0 saturated heterocycles. The van der Waals surface area contributed by atoms with E-state index in [9.17, 15) is 42.3 Å². The summed E-state index contributed by atoms with van der Waals surface area (Å²) in [5.41, 5.74) is 2.06. The standard InChI is InChI=1S/C35H35F3N2O7/c1-19-13-24(36)31(38)32(30(19)37)47-18-28(42)25(16-29(43)44)39-33(45)22-14-21-10-6-8-12-26(21)40(17-22)34(46)27(41)15-20-9-5-7-11-23(20)35(2,3)4/h5-13,22,25H,14-18H2,1-4H3,(H,39,45)(H,43,44)/t22-,25-/m0/s1. The van der Waals surface area contributed by atoms with Crippen LogP contribution in [0.4, 0.5) is 18.9 Å². The second-order valence-electron chi connectivity index (χ2n) is 12.5. The lowest BCUT2D eigenvalue weighted by Gasteiger charge is -2.34. The molecule has 0 unspecified atom stereocenters. The Labute approximate surface area is 269 Å². The quantitative estimate of drug-likeness (QED) is 0.228. The summed E-state index contributed by atoms with van der Waals surface area (Å²) in [7, 11) is 0. The molecule has 1 heterocycles. The fourth-order valence-corrected chi connectivity index (χ4v) is 5.55. The van der Waals surface area contributed by atoms with Gasteiger partial charge in [0.25, 0.3) is 5.91 Å². The zero-order valence-corrected chi connectivity index (χ0v) is 26.4. The summed E-state index contributed by atoms with van der Waals surface area (Å²) in [6.45, 7) is 5.84. The van der Waals surface area contributed by atoms with Gasteiger partial charge in [-0.1, -0.05) is 63.2 Å². The van der Waals surface area contributed by atoms with E-state index in [4.69, 9.17) is 4.74 Å². The summed E-state index contributed by atoms with van der Waals surface area (Å²) in [5, 5.41) is 11.8. The Balaban J connectivity index is 1.52. The highest BCUT2D eigenvalue weighted by atomic mass is 19.2. The van der Waals surface area contributed by atoms with Crippen LogP contribution >= 0.6 is 0 Å². The SMILES string of the molecule is Cc1cc(F)c(F)c(OCC(=O)[C@H](CC(=O)O)NC(=O)[C@H]2Cc3ccccc3N(C(=O)C(=O)Cc3ccccc3C(C)(C)C)C2)c1F. The molecule has 47 heavy (non-hydrogen) atoms. The van der Waals surface area contributed by atoms with Crippen LogP contribution in [0, 0.1) is 30.3 Å². The third-order valence-electron chi connectivity index (χ3n) is 7.92. The minimum atomic E-state index is -1.68. The number of carbonyl (C=O) groups is 5. The second kappa shape index (κ2) is 14.2. The minimum absolute atomic E-state index is 0.107. The third-order valence-corrected chi connectivity index (χ3v) is 7.92. The van der Waals surface area contributed by atoms with E-state index in [1.54, 1.807) is 36.4 Å². The number of fused-ring (bicyclic) bond motifs is 1. The van der Waals surface area contributed by atoms with Crippen LogP contribution in [0.25, 0.3) is 0 Å². The third kappa shape index (κ3) is 8.05. The number of Topliss-reactive ketones (excluding diaryl/α,β-unsaturated/α-hetero) is 2. The zero-order chi connectivity index (χ0) is 34.6. The average Bonchev–Trinajstić information content (AvgIpc) is 3.02. The van der Waals surface area contributed by atoms with Crippen molar-refractivity contribution in [1.82, 2.24) is 5.32 Å². The number of para-hydroxylation sites is 1. The van der Waals surface area contributed by atoms with Gasteiger partial charge in [-0.3, -0.25) is 24.0 Å². The van der Waals surface area contributed by atoms with Gasteiger partial charge in [-0.05, 0) is 53.1 Å². The topological polar surface area (TPSA) is 130 Å². The van der Waals surface area contributed by atoms with Crippen molar-refractivity contribution in [2.45, 2.75) is 58.4 Å². The molecule has 2 atom stereocenters. The Morgan fingerprint density at radius 2 is 1.66 bits per heavy atom. The molecule has 0 spiro atoms. The number of rotatable bonds is 11. The Bertz CT molecular complexity index is 1710. The van der Waals surface area contributed by atoms with Crippen molar-refractivity contribution in [1.29, 1.82) is 0 Å². The number of halogens is 3. The number of amides is 2. The lowest BCUT2D eigenvalue weighted by molar-refractivity contribution is -0.141. The Hall–Kier alpha value is -5.00. The van der Waals surface area contributed by atoms with Crippen molar-refractivity contribution in [3.8, 4) is 5.75 Å². The number of nitrogens with zero attached hydrogens (tertiary/aromatic N) is 1. The first-order valence-corrected chi connectivity index (χ1v) is 14.9. The first-order chi connectivity index (χ1) is 22.1. The van der Waals surface area contributed by atoms with Crippen molar-refractivity contribution in [3.63, 3.8) is 0 Å². The van der Waals surface area contributed by atoms with Gasteiger partial charge >= 0.3 is 5.97 Å². The van der Waals surface area contributed by atoms with Crippen LogP contribution in [-0.2, 0) is 42.2 Å². The van der Waals surface area contributed by atoms with Crippen LogP contribution in [0.2, 0.25) is 0 Å². The zero-order valence-electron chi connectivity index (χ0n) is 26.4. The van der Waals surface area contributed by atoms with E-state index in [0.717, 1.165) is 12.5 Å². The lowest BCUT2D eigenvalue weighted by Crippen LogP contribution is -2.52. The maximum atomic E-state index is 14.4. The monoisotopic (exact) mass is 652 g/mol. The number of benzene rings is 3. The van der Waals surface area contributed by atoms with Gasteiger partial charge in [-0.15, -0.1) is 0 Å². The summed E-state index contributed by atoms with van der Waals surface area (Å²) < 4.78 is 47.2. The molecule has 0 radical (unpaired) electrons. The summed E-state index contributed by atoms with van der Waals surface area (Å²) in [6, 6.07) is 13.0. The van der Waals surface area contributed by atoms with Crippen molar-refractivity contribution < 1.29 is 47.0 Å². The largest absolute Gasteiger partial charge is 0.481 e. The predicted molar refractivity (Wildman–Crippen MR) is 166 cm³/mol. The molecule has 2 amide bonds. The van der Waals surface area contributed by atoms with Crippen LogP contribution in [0.5, 0.6) is 5.75 Å².